The van der Waals surface area contributed by atoms with Crippen molar-refractivity contribution in [3.05, 3.63) is 0 Å². The largest absolute Gasteiger partial charge is 0.409 e. The predicted octanol–water partition coefficient (Wildman–Crippen LogP) is -0.126. The van der Waals surface area contributed by atoms with Crippen LogP contribution in [0, 0.1) is 0 Å². The molecule has 0 fully saturated rings. The van der Waals surface area contributed by atoms with E-state index in [1.807, 2.05) is 13.8 Å². The van der Waals surface area contributed by atoms with Crippen molar-refractivity contribution in [1.29, 1.82) is 0 Å². The van der Waals surface area contributed by atoms with Crippen LogP contribution in [0.5, 0.6) is 0 Å². The Labute approximate surface area is 78.6 Å². The Kier molecular flexibility index (Phi) is 5.41. The van der Waals surface area contributed by atoms with Crippen LogP contribution in [-0.4, -0.2) is 34.8 Å². The maximum absolute atomic E-state index is 8.80. The molecule has 5 nitrogen and oxygen atoms in total. The van der Waals surface area contributed by atoms with Crippen molar-refractivity contribution in [2.45, 2.75) is 32.2 Å². The Morgan fingerprint density at radius 1 is 1.62 bits per heavy atom. The lowest BCUT2D eigenvalue weighted by atomic mass is 9.95. The molecule has 0 saturated heterocycles. The van der Waals surface area contributed by atoms with Crippen LogP contribution in [0.3, 0.4) is 0 Å². The molecule has 0 aromatic carbocycles. The summed E-state index contributed by atoms with van der Waals surface area (Å²) < 4.78 is 0. The van der Waals surface area contributed by atoms with Crippen LogP contribution < -0.4 is 11.1 Å². The first-order valence-electron chi connectivity index (χ1n) is 4.40. The van der Waals surface area contributed by atoms with E-state index in [1.54, 1.807) is 0 Å². The molecule has 13 heavy (non-hydrogen) atoms. The third-order valence-electron chi connectivity index (χ3n) is 2.27. The summed E-state index contributed by atoms with van der Waals surface area (Å²) in [5, 5.41) is 23.1. The minimum Gasteiger partial charge on any atom is -0.409 e. The van der Waals surface area contributed by atoms with Crippen LogP contribution in [-0.2, 0) is 0 Å². The average molecular weight is 189 g/mol. The van der Waals surface area contributed by atoms with E-state index in [4.69, 9.17) is 16.0 Å². The second-order valence-corrected chi connectivity index (χ2v) is 3.33. The van der Waals surface area contributed by atoms with Gasteiger partial charge in [0.2, 0.25) is 0 Å². The van der Waals surface area contributed by atoms with Gasteiger partial charge in [-0.25, -0.2) is 0 Å². The van der Waals surface area contributed by atoms with E-state index in [-0.39, 0.29) is 18.0 Å². The fourth-order valence-electron chi connectivity index (χ4n) is 0.976. The summed E-state index contributed by atoms with van der Waals surface area (Å²) in [6.07, 6.45) is 1.54. The van der Waals surface area contributed by atoms with Crippen LogP contribution in [0.2, 0.25) is 0 Å². The normalized spacial score (nSPS) is 17.0. The molecule has 0 saturated carbocycles. The number of nitrogens with one attached hydrogen (secondary N) is 1. The second kappa shape index (κ2) is 5.77. The number of aliphatic hydroxyl groups excluding tert-OH is 1. The molecule has 0 aromatic rings. The summed E-state index contributed by atoms with van der Waals surface area (Å²) in [7, 11) is 0. The summed E-state index contributed by atoms with van der Waals surface area (Å²) in [5.74, 6) is 0.151. The number of nitrogens with zero attached hydrogens (tertiary/aromatic N) is 1. The zero-order chi connectivity index (χ0) is 10.3. The lowest BCUT2D eigenvalue weighted by molar-refractivity contribution is 0.220. The maximum atomic E-state index is 8.80. The molecule has 0 rings (SSSR count). The van der Waals surface area contributed by atoms with E-state index < -0.39 is 0 Å². The van der Waals surface area contributed by atoms with E-state index in [9.17, 15) is 0 Å². The van der Waals surface area contributed by atoms with E-state index in [1.165, 1.54) is 0 Å². The van der Waals surface area contributed by atoms with Crippen molar-refractivity contribution in [2.75, 3.05) is 13.2 Å². The number of hydrogen-bond donors (Lipinski definition) is 4. The fourth-order valence-corrected chi connectivity index (χ4v) is 0.976. The third kappa shape index (κ3) is 4.69. The molecule has 0 bridgehead atoms. The molecule has 0 aliphatic heterocycles. The molecule has 5 heteroatoms. The van der Waals surface area contributed by atoms with Crippen molar-refractivity contribution in [3.8, 4) is 0 Å². The molecule has 0 aliphatic carbocycles. The zero-order valence-corrected chi connectivity index (χ0v) is 8.25. The van der Waals surface area contributed by atoms with E-state index >= 15 is 0 Å². The van der Waals surface area contributed by atoms with Gasteiger partial charge in [0, 0.05) is 12.1 Å². The first-order chi connectivity index (χ1) is 6.08. The lowest BCUT2D eigenvalue weighted by Crippen LogP contribution is -2.46. The average Bonchev–Trinajstić information content (AvgIpc) is 2.15. The number of hydrogen-bond acceptors (Lipinski definition) is 4. The Bertz CT molecular complexity index is 173. The monoisotopic (exact) mass is 189 g/mol. The summed E-state index contributed by atoms with van der Waals surface area (Å²) in [4.78, 5) is 0. The second-order valence-electron chi connectivity index (χ2n) is 3.33. The molecule has 78 valence electrons. The summed E-state index contributed by atoms with van der Waals surface area (Å²) >= 11 is 0. The standard InChI is InChI=1S/C8H19N3O2/c1-3-8(2,4-5-12)10-6-7(9)11-13/h10,12-13H,3-6H2,1-2H3,(H2,9,11). The smallest absolute Gasteiger partial charge is 0.153 e. The van der Waals surface area contributed by atoms with Gasteiger partial charge in [0.15, 0.2) is 5.84 Å². The Balaban J connectivity index is 3.97. The molecule has 0 aromatic heterocycles. The van der Waals surface area contributed by atoms with Gasteiger partial charge in [-0.05, 0) is 19.8 Å². The van der Waals surface area contributed by atoms with E-state index in [0.29, 0.717) is 13.0 Å². The Morgan fingerprint density at radius 3 is 2.62 bits per heavy atom. The minimum atomic E-state index is -0.149. The fraction of sp³-hybridized carbons (Fsp3) is 0.875. The molecule has 0 amide bonds. The van der Waals surface area contributed by atoms with Gasteiger partial charge >= 0.3 is 0 Å². The highest BCUT2D eigenvalue weighted by molar-refractivity contribution is 5.81. The van der Waals surface area contributed by atoms with E-state index in [2.05, 4.69) is 10.5 Å². The van der Waals surface area contributed by atoms with Crippen molar-refractivity contribution in [3.63, 3.8) is 0 Å². The number of oxime groups is 1. The van der Waals surface area contributed by atoms with Gasteiger partial charge in [-0.3, -0.25) is 0 Å². The Hall–Kier alpha value is -0.810. The van der Waals surface area contributed by atoms with Gasteiger partial charge in [0.1, 0.15) is 0 Å². The van der Waals surface area contributed by atoms with Crippen molar-refractivity contribution >= 4 is 5.84 Å². The SMILES string of the molecule is CCC(C)(CCO)NCC(N)=NO. The van der Waals surface area contributed by atoms with Crippen molar-refractivity contribution in [1.82, 2.24) is 5.32 Å². The lowest BCUT2D eigenvalue weighted by Gasteiger charge is -2.28. The predicted molar refractivity (Wildman–Crippen MR) is 51.8 cm³/mol. The summed E-state index contributed by atoms with van der Waals surface area (Å²) in [6, 6.07) is 0. The maximum Gasteiger partial charge on any atom is 0.153 e. The van der Waals surface area contributed by atoms with Crippen LogP contribution in [0.1, 0.15) is 26.7 Å². The Morgan fingerprint density at radius 2 is 2.23 bits per heavy atom. The number of rotatable bonds is 6. The van der Waals surface area contributed by atoms with Crippen LogP contribution in [0.25, 0.3) is 0 Å². The first-order valence-corrected chi connectivity index (χ1v) is 4.40. The first kappa shape index (κ1) is 12.2. The van der Waals surface area contributed by atoms with Gasteiger partial charge in [0.05, 0.1) is 6.54 Å². The number of aliphatic hydroxyl groups is 1. The summed E-state index contributed by atoms with van der Waals surface area (Å²) in [5.41, 5.74) is 5.16. The third-order valence-corrected chi connectivity index (χ3v) is 2.27. The molecule has 0 heterocycles. The quantitative estimate of drug-likeness (QED) is 0.203. The van der Waals surface area contributed by atoms with Crippen molar-refractivity contribution in [2.24, 2.45) is 10.9 Å². The van der Waals surface area contributed by atoms with Gasteiger partial charge in [0.25, 0.3) is 0 Å². The van der Waals surface area contributed by atoms with Crippen molar-refractivity contribution < 1.29 is 10.3 Å². The highest BCUT2D eigenvalue weighted by Crippen LogP contribution is 2.12. The van der Waals surface area contributed by atoms with Gasteiger partial charge in [-0.15, -0.1) is 0 Å². The molecular weight excluding hydrogens is 170 g/mol. The molecule has 5 N–H and O–H groups in total. The number of amidine groups is 1. The molecule has 0 spiro atoms. The van der Waals surface area contributed by atoms with Crippen LogP contribution in [0.15, 0.2) is 5.16 Å². The zero-order valence-electron chi connectivity index (χ0n) is 8.25. The van der Waals surface area contributed by atoms with Crippen LogP contribution >= 0.6 is 0 Å². The molecule has 1 unspecified atom stereocenters. The van der Waals surface area contributed by atoms with Crippen LogP contribution in [0.4, 0.5) is 0 Å². The highest BCUT2D eigenvalue weighted by Gasteiger charge is 2.20. The topological polar surface area (TPSA) is 90.9 Å². The molecule has 0 aliphatic rings. The molecular formula is C8H19N3O2. The summed E-state index contributed by atoms with van der Waals surface area (Å²) in [6.45, 7) is 4.48. The molecule has 1 atom stereocenters. The van der Waals surface area contributed by atoms with Gasteiger partial charge in [-0.2, -0.15) is 0 Å². The molecule has 0 radical (unpaired) electrons. The van der Waals surface area contributed by atoms with Gasteiger partial charge in [-0.1, -0.05) is 12.1 Å². The highest BCUT2D eigenvalue weighted by atomic mass is 16.4. The minimum absolute atomic E-state index is 0.132. The number of nitrogens with two attached hydrogens (primary N) is 1. The van der Waals surface area contributed by atoms with E-state index in [0.717, 1.165) is 6.42 Å². The van der Waals surface area contributed by atoms with Gasteiger partial charge < -0.3 is 21.4 Å².